The molecule has 0 atom stereocenters. The van der Waals surface area contributed by atoms with E-state index in [1.54, 1.807) is 24.3 Å². The number of benzene rings is 1. The van der Waals surface area contributed by atoms with E-state index in [4.69, 9.17) is 9.62 Å². The Kier molecular flexibility index (Phi) is 2.02. The van der Waals surface area contributed by atoms with Crippen LogP contribution in [0.3, 0.4) is 0 Å². The fraction of sp³-hybridized carbons (Fsp3) is 0. The Morgan fingerprint density at radius 1 is 1.29 bits per heavy atom. The van der Waals surface area contributed by atoms with E-state index in [0.717, 1.165) is 5.39 Å². The molecular formula is C10H7NO3. The predicted molar refractivity (Wildman–Crippen MR) is 51.9 cm³/mol. The highest BCUT2D eigenvalue weighted by atomic mass is 16.4. The Morgan fingerprint density at radius 3 is 2.86 bits per heavy atom. The Morgan fingerprint density at radius 2 is 2.07 bits per heavy atom. The summed E-state index contributed by atoms with van der Waals surface area (Å²) in [5.74, 6) is 0. The van der Waals surface area contributed by atoms with Crippen LogP contribution in [-0.4, -0.2) is 11.4 Å². The SMILES string of the molecule is O=c1ccc2ccc(/C=N/O)cc2o1. The fourth-order valence-electron chi connectivity index (χ4n) is 1.22. The van der Waals surface area contributed by atoms with Crippen molar-refractivity contribution >= 4 is 17.2 Å². The normalized spacial score (nSPS) is 11.1. The molecule has 1 heterocycles. The average Bonchev–Trinajstić information content (AvgIpc) is 2.17. The summed E-state index contributed by atoms with van der Waals surface area (Å²) >= 11 is 0. The van der Waals surface area contributed by atoms with E-state index in [9.17, 15) is 4.79 Å². The van der Waals surface area contributed by atoms with Gasteiger partial charge in [0.25, 0.3) is 0 Å². The van der Waals surface area contributed by atoms with E-state index in [0.29, 0.717) is 11.1 Å². The van der Waals surface area contributed by atoms with Gasteiger partial charge in [-0.05, 0) is 17.7 Å². The van der Waals surface area contributed by atoms with Crippen LogP contribution in [-0.2, 0) is 0 Å². The molecule has 4 heteroatoms. The molecule has 4 nitrogen and oxygen atoms in total. The van der Waals surface area contributed by atoms with Gasteiger partial charge in [-0.2, -0.15) is 0 Å². The Labute approximate surface area is 79.1 Å². The van der Waals surface area contributed by atoms with Crippen LogP contribution in [0.15, 0.2) is 44.7 Å². The van der Waals surface area contributed by atoms with Gasteiger partial charge in [0.15, 0.2) is 0 Å². The molecule has 1 aromatic heterocycles. The molecule has 0 fully saturated rings. The van der Waals surface area contributed by atoms with Crippen LogP contribution in [0.25, 0.3) is 11.0 Å². The molecule has 0 amide bonds. The van der Waals surface area contributed by atoms with Crippen LogP contribution in [0.5, 0.6) is 0 Å². The molecule has 1 aromatic carbocycles. The van der Waals surface area contributed by atoms with Crippen molar-refractivity contribution in [1.29, 1.82) is 0 Å². The Balaban J connectivity index is 2.69. The van der Waals surface area contributed by atoms with E-state index >= 15 is 0 Å². The highest BCUT2D eigenvalue weighted by Gasteiger charge is 1.97. The molecule has 2 rings (SSSR count). The number of oxime groups is 1. The summed E-state index contributed by atoms with van der Waals surface area (Å²) in [6.45, 7) is 0. The maximum atomic E-state index is 10.9. The van der Waals surface area contributed by atoms with E-state index in [1.807, 2.05) is 0 Å². The molecule has 0 saturated carbocycles. The first-order valence-corrected chi connectivity index (χ1v) is 4.01. The minimum Gasteiger partial charge on any atom is -0.423 e. The average molecular weight is 189 g/mol. The molecule has 0 aliphatic carbocycles. The molecule has 70 valence electrons. The second kappa shape index (κ2) is 3.33. The van der Waals surface area contributed by atoms with Gasteiger partial charge in [-0.15, -0.1) is 0 Å². The summed E-state index contributed by atoms with van der Waals surface area (Å²) < 4.78 is 4.95. The lowest BCUT2D eigenvalue weighted by Crippen LogP contribution is -1.94. The van der Waals surface area contributed by atoms with Crippen molar-refractivity contribution in [3.05, 3.63) is 46.3 Å². The van der Waals surface area contributed by atoms with Crippen LogP contribution in [0, 0.1) is 0 Å². The fourth-order valence-corrected chi connectivity index (χ4v) is 1.22. The van der Waals surface area contributed by atoms with Gasteiger partial charge in [-0.1, -0.05) is 17.3 Å². The van der Waals surface area contributed by atoms with Crippen LogP contribution in [0.1, 0.15) is 5.56 Å². The largest absolute Gasteiger partial charge is 0.423 e. The van der Waals surface area contributed by atoms with E-state index in [2.05, 4.69) is 5.16 Å². The second-order valence-corrected chi connectivity index (χ2v) is 2.80. The van der Waals surface area contributed by atoms with Gasteiger partial charge in [0.2, 0.25) is 0 Å². The van der Waals surface area contributed by atoms with Gasteiger partial charge < -0.3 is 9.62 Å². The van der Waals surface area contributed by atoms with Crippen molar-refractivity contribution in [2.75, 3.05) is 0 Å². The van der Waals surface area contributed by atoms with Crippen LogP contribution in [0.2, 0.25) is 0 Å². The third-order valence-corrected chi connectivity index (χ3v) is 1.85. The minimum absolute atomic E-state index is 0.393. The van der Waals surface area contributed by atoms with Gasteiger partial charge in [0.05, 0.1) is 6.21 Å². The number of hydrogen-bond acceptors (Lipinski definition) is 4. The van der Waals surface area contributed by atoms with Crippen LogP contribution < -0.4 is 5.63 Å². The monoisotopic (exact) mass is 189 g/mol. The topological polar surface area (TPSA) is 62.8 Å². The Bertz CT molecular complexity index is 542. The smallest absolute Gasteiger partial charge is 0.336 e. The summed E-state index contributed by atoms with van der Waals surface area (Å²) in [5, 5.41) is 12.0. The predicted octanol–water partition coefficient (Wildman–Crippen LogP) is 1.60. The maximum absolute atomic E-state index is 10.9. The second-order valence-electron chi connectivity index (χ2n) is 2.80. The summed E-state index contributed by atoms with van der Waals surface area (Å²) in [6, 6.07) is 8.23. The first-order chi connectivity index (χ1) is 6.79. The van der Waals surface area contributed by atoms with E-state index in [1.165, 1.54) is 12.3 Å². The zero-order chi connectivity index (χ0) is 9.97. The summed E-state index contributed by atoms with van der Waals surface area (Å²) in [7, 11) is 0. The molecule has 0 unspecified atom stereocenters. The van der Waals surface area contributed by atoms with Crippen LogP contribution in [0.4, 0.5) is 0 Å². The van der Waals surface area contributed by atoms with Gasteiger partial charge in [-0.3, -0.25) is 0 Å². The van der Waals surface area contributed by atoms with Gasteiger partial charge in [0.1, 0.15) is 5.58 Å². The lowest BCUT2D eigenvalue weighted by molar-refractivity contribution is 0.322. The molecule has 0 bridgehead atoms. The Hall–Kier alpha value is -2.10. The zero-order valence-corrected chi connectivity index (χ0v) is 7.18. The molecular weight excluding hydrogens is 182 g/mol. The third kappa shape index (κ3) is 1.50. The first-order valence-electron chi connectivity index (χ1n) is 4.01. The van der Waals surface area contributed by atoms with Crippen molar-refractivity contribution in [2.24, 2.45) is 5.16 Å². The lowest BCUT2D eigenvalue weighted by atomic mass is 10.2. The van der Waals surface area contributed by atoms with E-state index in [-0.39, 0.29) is 0 Å². The molecule has 0 radical (unpaired) electrons. The molecule has 1 N–H and O–H groups in total. The van der Waals surface area contributed by atoms with Crippen molar-refractivity contribution < 1.29 is 9.62 Å². The highest BCUT2D eigenvalue weighted by Crippen LogP contribution is 2.12. The standard InChI is InChI=1S/C10H7NO3/c12-10-4-3-8-2-1-7(6-11-13)5-9(8)14-10/h1-6,13H/b11-6+. The number of fused-ring (bicyclic) bond motifs is 1. The van der Waals surface area contributed by atoms with Crippen LogP contribution >= 0.6 is 0 Å². The molecule has 14 heavy (non-hydrogen) atoms. The summed E-state index contributed by atoms with van der Waals surface area (Å²) in [5.41, 5.74) is 0.764. The highest BCUT2D eigenvalue weighted by molar-refractivity contribution is 5.87. The lowest BCUT2D eigenvalue weighted by Gasteiger charge is -1.96. The summed E-state index contributed by atoms with van der Waals surface area (Å²) in [4.78, 5) is 10.9. The van der Waals surface area contributed by atoms with Crippen molar-refractivity contribution in [3.63, 3.8) is 0 Å². The van der Waals surface area contributed by atoms with Crippen molar-refractivity contribution in [2.45, 2.75) is 0 Å². The van der Waals surface area contributed by atoms with Crippen molar-refractivity contribution in [3.8, 4) is 0 Å². The molecule has 0 aliphatic heterocycles. The molecule has 0 aliphatic rings. The number of rotatable bonds is 1. The molecule has 2 aromatic rings. The first kappa shape index (κ1) is 8.50. The number of nitrogens with zero attached hydrogens (tertiary/aromatic N) is 1. The molecule has 0 spiro atoms. The quantitative estimate of drug-likeness (QED) is 0.321. The maximum Gasteiger partial charge on any atom is 0.336 e. The van der Waals surface area contributed by atoms with E-state index < -0.39 is 5.63 Å². The molecule has 0 saturated heterocycles. The van der Waals surface area contributed by atoms with Gasteiger partial charge >= 0.3 is 5.63 Å². The van der Waals surface area contributed by atoms with Crippen molar-refractivity contribution in [1.82, 2.24) is 0 Å². The minimum atomic E-state index is -0.393. The third-order valence-electron chi connectivity index (χ3n) is 1.85. The zero-order valence-electron chi connectivity index (χ0n) is 7.18. The summed E-state index contributed by atoms with van der Waals surface area (Å²) in [6.07, 6.45) is 1.27. The number of hydrogen-bond donors (Lipinski definition) is 1. The van der Waals surface area contributed by atoms with Gasteiger partial charge in [0, 0.05) is 11.5 Å². The van der Waals surface area contributed by atoms with Gasteiger partial charge in [-0.25, -0.2) is 4.79 Å².